The molecule has 6 aromatic rings. The van der Waals surface area contributed by atoms with Gasteiger partial charge in [-0.25, -0.2) is 34.8 Å². The van der Waals surface area contributed by atoms with Gasteiger partial charge in [0.2, 0.25) is 11.9 Å². The number of ether oxygens (including phenoxy) is 3. The molecule has 0 spiro atoms. The Bertz CT molecular complexity index is 2940. The van der Waals surface area contributed by atoms with E-state index in [1.165, 1.54) is 119 Å². The second kappa shape index (κ2) is 56.6. The van der Waals surface area contributed by atoms with Gasteiger partial charge in [0.05, 0.1) is 6.61 Å². The molecule has 0 atom stereocenters. The number of halogens is 3. The van der Waals surface area contributed by atoms with Crippen LogP contribution in [0.5, 0.6) is 11.5 Å². The molecule has 100 heavy (non-hydrogen) atoms. The fourth-order valence-electron chi connectivity index (χ4n) is 13.9. The Morgan fingerprint density at radius 2 is 0.870 bits per heavy atom. The molecule has 4 aromatic heterocycles. The van der Waals surface area contributed by atoms with E-state index in [4.69, 9.17) is 39.4 Å². The van der Waals surface area contributed by atoms with Crippen LogP contribution in [0.3, 0.4) is 0 Å². The number of aromatic carboxylic acids is 1. The van der Waals surface area contributed by atoms with E-state index in [-0.39, 0.29) is 169 Å². The van der Waals surface area contributed by atoms with Gasteiger partial charge < -0.3 is 39.0 Å². The monoisotopic (exact) mass is 1710 g/mol. The minimum atomic E-state index is -1.58. The third-order valence-corrected chi connectivity index (χ3v) is 28.8. The number of nitrogens with zero attached hydrogens (tertiary/aromatic N) is 4. The molecule has 6 fully saturated rings. The molecule has 6 aliphatic carbocycles. The first kappa shape index (κ1) is 97.4. The van der Waals surface area contributed by atoms with Crippen LogP contribution in [-0.2, 0) is 48.1 Å². The quantitative estimate of drug-likeness (QED) is 0.00919. The molecule has 2 radical (unpaired) electrons. The number of carboxylic acid groups (broad SMARTS) is 1. The Labute approximate surface area is 719 Å². The third-order valence-electron chi connectivity index (χ3n) is 18.3. The molecule has 12 rings (SSSR count). The van der Waals surface area contributed by atoms with Gasteiger partial charge in [-0.1, -0.05) is 172 Å². The summed E-state index contributed by atoms with van der Waals surface area (Å²) >= 11 is 4.86. The van der Waals surface area contributed by atoms with Gasteiger partial charge in [0, 0.05) is 161 Å². The number of pyridine rings is 2. The number of aromatic nitrogens is 4. The second-order valence-electron chi connectivity index (χ2n) is 24.8. The number of carbonyl (C=O) groups is 2. The summed E-state index contributed by atoms with van der Waals surface area (Å²) in [5.41, 5.74) is 9.39. The number of thiazole rings is 2. The van der Waals surface area contributed by atoms with Crippen LogP contribution in [0.4, 0.5) is 8.78 Å². The van der Waals surface area contributed by atoms with Crippen LogP contribution >= 0.6 is 61.1 Å². The molecule has 0 aliphatic heterocycles. The van der Waals surface area contributed by atoms with Gasteiger partial charge in [0.15, 0.2) is 11.4 Å². The molecule has 0 saturated heterocycles. The Kier molecular flexibility index (Phi) is 55.1. The van der Waals surface area contributed by atoms with E-state index in [2.05, 4.69) is 47.4 Å². The van der Waals surface area contributed by atoms with Crippen LogP contribution < -0.4 is 14.9 Å². The van der Waals surface area contributed by atoms with Crippen molar-refractivity contribution < 1.29 is 83.1 Å². The molecule has 4 N–H and O–H groups in total. The Balaban J connectivity index is 0.000000616. The zero-order chi connectivity index (χ0) is 66.7. The van der Waals surface area contributed by atoms with Crippen molar-refractivity contribution in [3.63, 3.8) is 0 Å². The van der Waals surface area contributed by atoms with E-state index in [9.17, 15) is 18.4 Å². The maximum Gasteiger partial charge on any atom is 0.490 e. The standard InChI is InChI=1S/2C18H33P.C16H11FN2O3S.C13H12INO3S.C5H5BFNO2.CHO3.3CH4.2K.Pd/c2*1-4-10-16(11-5-1)19(17-12-6-2-7-13-17)18-14-8-3-9-15-18;17-14-6-3-11(7-18-14)10-1-4-12(5-2-10)22-8-15-19-13(9-23-15)16(20)21;1-2-17-13(16)11-8-19-12(15-11)7-18-10-5-3-9(14)4-6-10;7-5-2-1-4(3-8-5)6(9)10;2-1-4-3;;;;;;/h2*16-18H,1-15H2;1-7,9H,8H2,(H,20,21);3-6,8H,2,7H2,1H3;1-3,9-10H;3H;3*1H4;;;/q;;;;;-1;;;;;;. The number of carboxylic acids is 1. The summed E-state index contributed by atoms with van der Waals surface area (Å²) in [4.78, 5) is 48.5. The molecule has 548 valence electrons. The first-order valence-corrected chi connectivity index (χ1v) is 40.0. The van der Waals surface area contributed by atoms with Gasteiger partial charge in [-0.2, -0.15) is 8.78 Å². The van der Waals surface area contributed by atoms with Crippen molar-refractivity contribution >= 4 is 195 Å². The van der Waals surface area contributed by atoms with E-state index < -0.39 is 25.0 Å². The van der Waals surface area contributed by atoms with E-state index in [0.29, 0.717) is 45.5 Å². The fourth-order valence-corrected chi connectivity index (χ4v) is 24.9. The molecule has 4 heterocycles. The second-order valence-corrected chi connectivity index (χ2v) is 34.1. The van der Waals surface area contributed by atoms with Gasteiger partial charge in [-0.15, -0.1) is 22.7 Å². The number of benzene rings is 2. The zero-order valence-corrected chi connectivity index (χ0v) is 70.1. The fraction of sp³-hybridized carbons (Fsp3) is 0.581. The Morgan fingerprint density at radius 3 is 1.17 bits per heavy atom. The van der Waals surface area contributed by atoms with Crippen LogP contribution in [0.2, 0.25) is 0 Å². The van der Waals surface area contributed by atoms with Gasteiger partial charge >= 0.3 is 19.1 Å². The topological polar surface area (TPSA) is 221 Å². The van der Waals surface area contributed by atoms with Crippen molar-refractivity contribution in [2.75, 3.05) is 6.61 Å². The summed E-state index contributed by atoms with van der Waals surface area (Å²) in [5, 5.41) is 37.3. The molecule has 0 unspecified atom stereocenters. The van der Waals surface area contributed by atoms with E-state index in [1.807, 2.05) is 36.4 Å². The van der Waals surface area contributed by atoms with Crippen LogP contribution in [0, 0.1) is 15.5 Å². The van der Waals surface area contributed by atoms with Crippen molar-refractivity contribution in [1.82, 2.24) is 19.9 Å². The van der Waals surface area contributed by atoms with Crippen molar-refractivity contribution in [3.8, 4) is 22.6 Å². The summed E-state index contributed by atoms with van der Waals surface area (Å²) in [6.07, 6.45) is 49.8. The first-order chi connectivity index (χ1) is 45.8. The maximum atomic E-state index is 12.8. The minimum Gasteiger partial charge on any atom is -0.509 e. The largest absolute Gasteiger partial charge is 0.509 e. The zero-order valence-electron chi connectivity index (χ0n) is 56.7. The van der Waals surface area contributed by atoms with Crippen LogP contribution in [0.25, 0.3) is 11.1 Å². The number of esters is 1. The SMILES string of the molecule is C.C.C.C1CCC(P(C2CCCCC2)C2CCCCC2)CC1.C1CCC(P(C2CCCCC2)C2CCCCC2)CC1.CCOC(=O)c1csc(COc2ccc(I)cc2)n1.O=C(O)c1csc(COc2ccc(-c3ccc(F)nc3)cc2)n1.O=[C-]OO.OB(O)c1ccc(F)nc1.[K].[K].[Pd]. The molecule has 6 saturated carbocycles. The number of hydrogen-bond acceptors (Lipinski definition) is 16. The molecule has 26 heteroatoms. The number of carbonyl (C=O) groups excluding carboxylic acids is 2. The van der Waals surface area contributed by atoms with Crippen LogP contribution in [0.15, 0.2) is 96.0 Å². The first-order valence-electron chi connectivity index (χ1n) is 34.0. The molecule has 0 bridgehead atoms. The predicted molar refractivity (Wildman–Crippen MR) is 415 cm³/mol. The normalized spacial score (nSPS) is 16.5. The Hall–Kier alpha value is -0.660. The van der Waals surface area contributed by atoms with E-state index in [1.54, 1.807) is 185 Å². The van der Waals surface area contributed by atoms with Crippen LogP contribution in [-0.4, -0.2) is 209 Å². The Morgan fingerprint density at radius 1 is 0.540 bits per heavy atom. The number of rotatable bonds is 18. The van der Waals surface area contributed by atoms with Crippen molar-refractivity contribution in [1.29, 1.82) is 0 Å². The van der Waals surface area contributed by atoms with E-state index >= 15 is 0 Å². The van der Waals surface area contributed by atoms with Gasteiger partial charge in [0.25, 0.3) is 0 Å². The van der Waals surface area contributed by atoms with Crippen LogP contribution in [0.1, 0.15) is 253 Å². The summed E-state index contributed by atoms with van der Waals surface area (Å²) in [7, 11) is -0.806. The molecular weight excluding hydrogens is 1610 g/mol. The van der Waals surface area contributed by atoms with Gasteiger partial charge in [-0.05, 0) is 207 Å². The predicted octanol–water partition coefficient (Wildman–Crippen LogP) is 19.6. The van der Waals surface area contributed by atoms with Crippen molar-refractivity contribution in [2.45, 2.75) is 269 Å². The molecule has 6 aliphatic rings. The summed E-state index contributed by atoms with van der Waals surface area (Å²) in [5.74, 6) is -1.17. The van der Waals surface area contributed by atoms with Crippen molar-refractivity contribution in [2.24, 2.45) is 0 Å². The third kappa shape index (κ3) is 35.6. The minimum absolute atomic E-state index is 0. The molecule has 15 nitrogen and oxygen atoms in total. The smallest absolute Gasteiger partial charge is 0.490 e. The average molecular weight is 1720 g/mol. The van der Waals surface area contributed by atoms with E-state index in [0.717, 1.165) is 44.2 Å². The molecule has 2 aromatic carbocycles. The molecular formula is C74H107BF2IK2N4O11P2PdS2-. The maximum absolute atomic E-state index is 12.8. The summed E-state index contributed by atoms with van der Waals surface area (Å²) in [6.45, 7) is 3.41. The average Bonchev–Trinajstić information content (AvgIpc) is 1.09. The van der Waals surface area contributed by atoms with Gasteiger partial charge in [-0.3, -0.25) is 0 Å². The number of hydrogen-bond donors (Lipinski definition) is 4. The summed E-state index contributed by atoms with van der Waals surface area (Å²) in [6, 6.07) is 20.3. The van der Waals surface area contributed by atoms with Crippen molar-refractivity contribution in [3.05, 3.63) is 133 Å². The molecule has 0 amide bonds. The summed E-state index contributed by atoms with van der Waals surface area (Å²) < 4.78 is 42.1. The van der Waals surface area contributed by atoms with Gasteiger partial charge in [0.1, 0.15) is 34.7 Å².